The van der Waals surface area contributed by atoms with Crippen LogP contribution in [0.4, 0.5) is 0 Å². The number of halogens is 1. The number of nitrogens with zero attached hydrogens (tertiary/aromatic N) is 4. The molecule has 38 heavy (non-hydrogen) atoms. The van der Waals surface area contributed by atoms with Gasteiger partial charge in [-0.05, 0) is 67.7 Å². The molecule has 0 unspecified atom stereocenters. The zero-order valence-corrected chi connectivity index (χ0v) is 24.1. The Morgan fingerprint density at radius 1 is 1.13 bits per heavy atom. The summed E-state index contributed by atoms with van der Waals surface area (Å²) in [7, 11) is 0. The summed E-state index contributed by atoms with van der Waals surface area (Å²) in [4.78, 5) is 13.5. The van der Waals surface area contributed by atoms with E-state index in [0.717, 1.165) is 61.1 Å². The van der Waals surface area contributed by atoms with Crippen molar-refractivity contribution in [1.29, 1.82) is 0 Å². The number of aliphatic hydroxyl groups excluding tert-OH is 1. The van der Waals surface area contributed by atoms with E-state index in [9.17, 15) is 9.90 Å². The summed E-state index contributed by atoms with van der Waals surface area (Å²) in [6, 6.07) is 5.57. The third-order valence-corrected chi connectivity index (χ3v) is 7.08. The standard InChI is InChI=1S/C29H40N4O4.ClH.H2/c1-7-22(8-2)37-28-25-12-10-9-11-24(25)27-30-32(19(3)33(27)31-28)18-26(35)20-15-21(29(4,5)6)17-23(16-20)36-14-13-34;;/h15-17,22,34H,3,7-14,18H2,1-2,4-6H3;2*1H. The van der Waals surface area contributed by atoms with E-state index in [-0.39, 0.29) is 50.9 Å². The zero-order valence-electron chi connectivity index (χ0n) is 23.2. The summed E-state index contributed by atoms with van der Waals surface area (Å²) in [6.07, 6.45) is 5.96. The van der Waals surface area contributed by atoms with Crippen LogP contribution in [0.3, 0.4) is 0 Å². The number of hydrogen-bond donors (Lipinski definition) is 1. The Kier molecular flexibility index (Phi) is 9.65. The van der Waals surface area contributed by atoms with Gasteiger partial charge in [-0.1, -0.05) is 41.2 Å². The monoisotopic (exact) mass is 546 g/mol. The quantitative estimate of drug-likeness (QED) is 0.382. The van der Waals surface area contributed by atoms with Gasteiger partial charge >= 0.3 is 0 Å². The maximum absolute atomic E-state index is 13.5. The number of ketones is 1. The maximum atomic E-state index is 13.5. The second kappa shape index (κ2) is 12.3. The summed E-state index contributed by atoms with van der Waals surface area (Å²) < 4.78 is 12.0. The fourth-order valence-electron chi connectivity index (χ4n) is 4.78. The minimum atomic E-state index is -0.171. The van der Waals surface area contributed by atoms with Crippen LogP contribution < -0.4 is 4.74 Å². The molecule has 0 amide bonds. The molecule has 9 heteroatoms. The Labute approximate surface area is 233 Å². The van der Waals surface area contributed by atoms with Gasteiger partial charge in [0.2, 0.25) is 5.90 Å². The minimum Gasteiger partial charge on any atom is -0.491 e. The lowest BCUT2D eigenvalue weighted by Crippen LogP contribution is -2.35. The Bertz CT molecular complexity index is 1150. The third-order valence-electron chi connectivity index (χ3n) is 7.08. The summed E-state index contributed by atoms with van der Waals surface area (Å²) in [6.45, 7) is 14.9. The van der Waals surface area contributed by atoms with Crippen LogP contribution in [0.2, 0.25) is 0 Å². The van der Waals surface area contributed by atoms with E-state index in [2.05, 4.69) is 41.2 Å². The Morgan fingerprint density at radius 2 is 1.82 bits per heavy atom. The molecule has 1 aromatic rings. The minimum absolute atomic E-state index is 0. The number of benzene rings is 1. The molecule has 0 radical (unpaired) electrons. The molecular weight excluding hydrogens is 504 g/mol. The zero-order chi connectivity index (χ0) is 26.7. The van der Waals surface area contributed by atoms with Gasteiger partial charge in [-0.15, -0.1) is 17.5 Å². The lowest BCUT2D eigenvalue weighted by molar-refractivity contribution is 0.0947. The van der Waals surface area contributed by atoms with Crippen LogP contribution in [0, 0.1) is 0 Å². The number of hydrogen-bond acceptors (Lipinski definition) is 8. The van der Waals surface area contributed by atoms with Crippen molar-refractivity contribution in [2.45, 2.75) is 84.7 Å². The molecule has 2 aliphatic heterocycles. The van der Waals surface area contributed by atoms with Crippen molar-refractivity contribution < 1.29 is 20.8 Å². The molecule has 0 aromatic heterocycles. The highest BCUT2D eigenvalue weighted by atomic mass is 35.5. The molecule has 0 saturated heterocycles. The lowest BCUT2D eigenvalue weighted by atomic mass is 9.85. The molecule has 8 nitrogen and oxygen atoms in total. The van der Waals surface area contributed by atoms with Crippen molar-refractivity contribution in [3.05, 3.63) is 52.9 Å². The van der Waals surface area contributed by atoms with E-state index in [1.807, 2.05) is 12.1 Å². The van der Waals surface area contributed by atoms with E-state index in [1.165, 1.54) is 0 Å². The van der Waals surface area contributed by atoms with E-state index in [4.69, 9.17) is 19.7 Å². The number of Topliss-reactive ketones (excluding diaryl/α,β-unsaturated/α-hetero) is 1. The number of fused-ring (bicyclic) bond motifs is 2. The predicted molar refractivity (Wildman–Crippen MR) is 155 cm³/mol. The highest BCUT2D eigenvalue weighted by Crippen LogP contribution is 2.37. The molecule has 0 saturated carbocycles. The number of ether oxygens (including phenoxy) is 2. The second-order valence-electron chi connectivity index (χ2n) is 10.8. The van der Waals surface area contributed by atoms with Crippen LogP contribution in [0.5, 0.6) is 5.75 Å². The van der Waals surface area contributed by atoms with Gasteiger partial charge in [0.1, 0.15) is 24.7 Å². The van der Waals surface area contributed by atoms with Crippen LogP contribution in [0.15, 0.2) is 51.9 Å². The number of carbonyl (C=O) groups is 1. The summed E-state index contributed by atoms with van der Waals surface area (Å²) in [5.74, 6) is 2.43. The van der Waals surface area contributed by atoms with Crippen molar-refractivity contribution in [3.8, 4) is 5.75 Å². The second-order valence-corrected chi connectivity index (χ2v) is 10.8. The molecule has 0 bridgehead atoms. The van der Waals surface area contributed by atoms with Gasteiger partial charge in [-0.3, -0.25) is 4.79 Å². The SMILES string of the molecule is C=C1N(CC(=O)c2cc(OCCO)cc(C(C)(C)C)c2)N=C2C3=C(CCCC3)C(OC(CC)CC)=NN12.Cl.[HH]. The van der Waals surface area contributed by atoms with E-state index < -0.39 is 0 Å². The molecule has 210 valence electrons. The van der Waals surface area contributed by atoms with Gasteiger partial charge in [-0.2, -0.15) is 10.1 Å². The molecule has 0 atom stereocenters. The largest absolute Gasteiger partial charge is 0.491 e. The summed E-state index contributed by atoms with van der Waals surface area (Å²) in [5.41, 5.74) is 3.64. The average molecular weight is 547 g/mol. The molecular formula is C29H43ClN4O4. The topological polar surface area (TPSA) is 87.0 Å². The maximum Gasteiger partial charge on any atom is 0.235 e. The molecule has 0 spiro atoms. The summed E-state index contributed by atoms with van der Waals surface area (Å²) >= 11 is 0. The molecule has 1 aromatic carbocycles. The molecule has 3 aliphatic rings. The van der Waals surface area contributed by atoms with Crippen molar-refractivity contribution >= 4 is 29.9 Å². The number of hydrazone groups is 2. The highest BCUT2D eigenvalue weighted by Gasteiger charge is 2.38. The number of carbonyl (C=O) groups excluding carboxylic acids is 1. The van der Waals surface area contributed by atoms with Gasteiger partial charge in [0, 0.05) is 18.1 Å². The van der Waals surface area contributed by atoms with E-state index >= 15 is 0 Å². The Morgan fingerprint density at radius 3 is 2.45 bits per heavy atom. The fraction of sp³-hybridized carbons (Fsp3) is 0.552. The van der Waals surface area contributed by atoms with Crippen molar-refractivity contribution in [2.24, 2.45) is 10.2 Å². The molecule has 4 rings (SSSR count). The predicted octanol–water partition coefficient (Wildman–Crippen LogP) is 6.01. The highest BCUT2D eigenvalue weighted by molar-refractivity contribution is 6.11. The first-order chi connectivity index (χ1) is 17.7. The van der Waals surface area contributed by atoms with Crippen LogP contribution in [0.25, 0.3) is 0 Å². The van der Waals surface area contributed by atoms with Crippen LogP contribution in [-0.4, -0.2) is 58.5 Å². The first-order valence-corrected chi connectivity index (χ1v) is 13.4. The third kappa shape index (κ3) is 6.24. The van der Waals surface area contributed by atoms with Crippen molar-refractivity contribution in [2.75, 3.05) is 19.8 Å². The van der Waals surface area contributed by atoms with Crippen molar-refractivity contribution in [3.63, 3.8) is 0 Å². The first kappa shape index (κ1) is 29.7. The van der Waals surface area contributed by atoms with E-state index in [1.54, 1.807) is 16.1 Å². The molecule has 1 aliphatic carbocycles. The smallest absolute Gasteiger partial charge is 0.235 e. The van der Waals surface area contributed by atoms with Gasteiger partial charge < -0.3 is 14.6 Å². The Hall–Kier alpha value is -2.84. The summed E-state index contributed by atoms with van der Waals surface area (Å²) in [5, 5.41) is 22.2. The first-order valence-electron chi connectivity index (χ1n) is 13.4. The molecule has 0 fully saturated rings. The molecule has 2 heterocycles. The number of amidine groups is 1. The van der Waals surface area contributed by atoms with Gasteiger partial charge in [0.05, 0.1) is 12.7 Å². The van der Waals surface area contributed by atoms with Gasteiger partial charge in [0.25, 0.3) is 0 Å². The number of aliphatic hydroxyl groups is 1. The fourth-order valence-corrected chi connectivity index (χ4v) is 4.78. The average Bonchev–Trinajstić information content (AvgIpc) is 3.20. The normalized spacial score (nSPS) is 17.1. The van der Waals surface area contributed by atoms with Gasteiger partial charge in [-0.25, -0.2) is 5.01 Å². The lowest BCUT2D eigenvalue weighted by Gasteiger charge is -2.31. The van der Waals surface area contributed by atoms with Crippen LogP contribution in [0.1, 0.15) is 90.5 Å². The van der Waals surface area contributed by atoms with Crippen LogP contribution >= 0.6 is 12.4 Å². The molecule has 1 N–H and O–H groups in total. The number of rotatable bonds is 9. The van der Waals surface area contributed by atoms with E-state index in [0.29, 0.717) is 23.0 Å². The van der Waals surface area contributed by atoms with Crippen LogP contribution in [-0.2, 0) is 10.2 Å². The Balaban J connectivity index is 0.00000267. The van der Waals surface area contributed by atoms with Gasteiger partial charge in [0.15, 0.2) is 11.6 Å². The van der Waals surface area contributed by atoms with Crippen molar-refractivity contribution in [1.82, 2.24) is 10.0 Å².